The molecule has 2 heterocycles. The van der Waals surface area contributed by atoms with Crippen LogP contribution in [-0.2, 0) is 12.0 Å². The number of hydrogen-bond donors (Lipinski definition) is 2. The van der Waals surface area contributed by atoms with E-state index in [0.717, 1.165) is 13.0 Å². The second-order valence-electron chi connectivity index (χ2n) is 15.9. The van der Waals surface area contributed by atoms with E-state index in [4.69, 9.17) is 0 Å². The van der Waals surface area contributed by atoms with Crippen LogP contribution in [0.3, 0.4) is 0 Å². The summed E-state index contributed by atoms with van der Waals surface area (Å²) >= 11 is 0. The molecule has 4 heteroatoms. The summed E-state index contributed by atoms with van der Waals surface area (Å²) in [7, 11) is 0. The average molecular weight is 737 g/mol. The van der Waals surface area contributed by atoms with Crippen LogP contribution >= 0.6 is 0 Å². The van der Waals surface area contributed by atoms with Crippen molar-refractivity contribution in [3.05, 3.63) is 233 Å². The maximum atomic E-state index is 4.04. The van der Waals surface area contributed by atoms with Gasteiger partial charge in [0.25, 0.3) is 0 Å². The van der Waals surface area contributed by atoms with Crippen molar-refractivity contribution in [3.8, 4) is 11.1 Å². The van der Waals surface area contributed by atoms with E-state index in [1.165, 1.54) is 77.5 Å². The molecule has 2 aliphatic carbocycles. The predicted octanol–water partition coefficient (Wildman–Crippen LogP) is 11.9. The van der Waals surface area contributed by atoms with E-state index in [9.17, 15) is 0 Å². The van der Waals surface area contributed by atoms with Gasteiger partial charge >= 0.3 is 0 Å². The number of benzene rings is 7. The molecule has 57 heavy (non-hydrogen) atoms. The molecule has 4 unspecified atom stereocenters. The number of nitrogens with zero attached hydrogens (tertiary/aromatic N) is 2. The second kappa shape index (κ2) is 13.7. The summed E-state index contributed by atoms with van der Waals surface area (Å²) in [4.78, 5) is 0. The Morgan fingerprint density at radius 3 is 2.02 bits per heavy atom. The lowest BCUT2D eigenvalue weighted by atomic mass is 9.67. The van der Waals surface area contributed by atoms with Crippen molar-refractivity contribution in [3.63, 3.8) is 0 Å². The molecule has 11 rings (SSSR count). The number of allylic oxidation sites excluding steroid dienone is 4. The molecule has 1 aliphatic heterocycles. The summed E-state index contributed by atoms with van der Waals surface area (Å²) in [6.45, 7) is 3.03. The lowest BCUT2D eigenvalue weighted by Gasteiger charge is -2.34. The summed E-state index contributed by atoms with van der Waals surface area (Å²) < 4.78 is 2.57. The lowest BCUT2D eigenvalue weighted by Crippen LogP contribution is -2.33. The molecule has 4 atom stereocenters. The van der Waals surface area contributed by atoms with Gasteiger partial charge in [-0.05, 0) is 86.2 Å². The van der Waals surface area contributed by atoms with Gasteiger partial charge in [-0.1, -0.05) is 183 Å². The van der Waals surface area contributed by atoms with Gasteiger partial charge in [0.05, 0.1) is 16.4 Å². The van der Waals surface area contributed by atoms with Crippen molar-refractivity contribution in [2.24, 2.45) is 5.92 Å². The highest BCUT2D eigenvalue weighted by Gasteiger charge is 2.47. The highest BCUT2D eigenvalue weighted by Crippen LogP contribution is 2.57. The summed E-state index contributed by atoms with van der Waals surface area (Å²) in [6, 6.07) is 65.0. The van der Waals surface area contributed by atoms with Crippen LogP contribution in [0.1, 0.15) is 64.7 Å². The van der Waals surface area contributed by atoms with Gasteiger partial charge in [-0.3, -0.25) is 5.32 Å². The SMILES string of the molecule is CC1C=C(c2ccc3c4cc5c(cc4n(C(NCc4ccccc4)N4NC4c4ccccc4)c3c2)-c2ccccc2C5(c2ccccc2)c2ccccc2)C=CC1. The average Bonchev–Trinajstić information content (AvgIpc) is 3.94. The normalized spacial score (nSPS) is 19.6. The minimum Gasteiger partial charge on any atom is -0.310 e. The Labute approximate surface area is 334 Å². The van der Waals surface area contributed by atoms with Crippen molar-refractivity contribution >= 4 is 27.4 Å². The molecule has 3 aliphatic rings. The molecule has 7 aromatic carbocycles. The fourth-order valence-corrected chi connectivity index (χ4v) is 9.76. The molecule has 4 nitrogen and oxygen atoms in total. The van der Waals surface area contributed by atoms with Crippen LogP contribution in [0.5, 0.6) is 0 Å². The van der Waals surface area contributed by atoms with Crippen LogP contribution in [0.2, 0.25) is 0 Å². The Morgan fingerprint density at radius 1 is 0.649 bits per heavy atom. The Kier molecular flexibility index (Phi) is 8.18. The molecule has 0 radical (unpaired) electrons. The van der Waals surface area contributed by atoms with Crippen molar-refractivity contribution in [2.75, 3.05) is 0 Å². The zero-order valence-corrected chi connectivity index (χ0v) is 32.0. The van der Waals surface area contributed by atoms with Crippen molar-refractivity contribution in [1.82, 2.24) is 20.3 Å². The van der Waals surface area contributed by atoms with Gasteiger partial charge in [0, 0.05) is 17.3 Å². The number of fused-ring (bicyclic) bond motifs is 6. The first-order valence-electron chi connectivity index (χ1n) is 20.3. The van der Waals surface area contributed by atoms with Gasteiger partial charge in [0.15, 0.2) is 6.29 Å². The molecule has 2 N–H and O–H groups in total. The maximum Gasteiger partial charge on any atom is 0.156 e. The van der Waals surface area contributed by atoms with E-state index < -0.39 is 5.41 Å². The molecule has 0 bridgehead atoms. The highest BCUT2D eigenvalue weighted by molar-refractivity contribution is 6.11. The molecule has 1 fully saturated rings. The number of hydrogen-bond acceptors (Lipinski definition) is 3. The summed E-state index contributed by atoms with van der Waals surface area (Å²) in [5.74, 6) is 0.507. The van der Waals surface area contributed by atoms with Crippen LogP contribution in [0.4, 0.5) is 0 Å². The second-order valence-corrected chi connectivity index (χ2v) is 15.9. The van der Waals surface area contributed by atoms with Crippen LogP contribution in [0.15, 0.2) is 194 Å². The highest BCUT2D eigenvalue weighted by atomic mass is 15.8. The van der Waals surface area contributed by atoms with Crippen LogP contribution < -0.4 is 10.7 Å². The molecule has 0 amide bonds. The predicted molar refractivity (Wildman–Crippen MR) is 234 cm³/mol. The summed E-state index contributed by atoms with van der Waals surface area (Å²) in [5, 5.41) is 8.93. The molecule has 0 spiro atoms. The van der Waals surface area contributed by atoms with Crippen molar-refractivity contribution < 1.29 is 0 Å². The van der Waals surface area contributed by atoms with Gasteiger partial charge in [-0.15, -0.1) is 0 Å². The van der Waals surface area contributed by atoms with E-state index in [-0.39, 0.29) is 12.5 Å². The molecule has 0 saturated carbocycles. The monoisotopic (exact) mass is 736 g/mol. The molecule has 8 aromatic rings. The summed E-state index contributed by atoms with van der Waals surface area (Å²) in [5.41, 5.74) is 18.5. The number of nitrogens with one attached hydrogen (secondary N) is 2. The first-order valence-corrected chi connectivity index (χ1v) is 20.3. The summed E-state index contributed by atoms with van der Waals surface area (Å²) in [6.07, 6.45) is 8.02. The standard InChI is InChI=1S/C53H44N4/c1-36-17-16-22-39(31-36)40-29-30-44-46-33-48-45(43-27-14-15-28-47(43)53(48,41-23-10-4-11-24-41)42-25-12-5-13-26-42)34-50(46)56(49(44)32-40)52(54-35-37-18-6-2-7-19-37)57-51(55-57)38-20-8-3-9-21-38/h2-16,18-34,36,51-52,54-55H,17,35H2,1H3. The van der Waals surface area contributed by atoms with Crippen LogP contribution in [0.25, 0.3) is 38.5 Å². The Hall–Kier alpha value is -6.30. The van der Waals surface area contributed by atoms with E-state index >= 15 is 0 Å². The zero-order valence-electron chi connectivity index (χ0n) is 32.0. The molecular weight excluding hydrogens is 693 g/mol. The van der Waals surface area contributed by atoms with E-state index in [0.29, 0.717) is 5.92 Å². The lowest BCUT2D eigenvalue weighted by molar-refractivity contribution is 0.219. The first-order chi connectivity index (χ1) is 28.2. The van der Waals surface area contributed by atoms with Gasteiger partial charge in [0.2, 0.25) is 0 Å². The van der Waals surface area contributed by atoms with E-state index in [1.54, 1.807) is 0 Å². The van der Waals surface area contributed by atoms with Gasteiger partial charge < -0.3 is 4.57 Å². The fourth-order valence-electron chi connectivity index (χ4n) is 9.76. The first kappa shape index (κ1) is 34.0. The third kappa shape index (κ3) is 5.55. The number of hydrazine groups is 1. The molecular formula is C53H44N4. The maximum absolute atomic E-state index is 4.04. The number of rotatable bonds is 9. The minimum absolute atomic E-state index is 0.0824. The van der Waals surface area contributed by atoms with Crippen molar-refractivity contribution in [2.45, 2.75) is 37.8 Å². The minimum atomic E-state index is -0.476. The molecule has 1 aromatic heterocycles. The quantitative estimate of drug-likeness (QED) is 0.145. The van der Waals surface area contributed by atoms with E-state index in [1.807, 2.05) is 0 Å². The van der Waals surface area contributed by atoms with Gasteiger partial charge in [0.1, 0.15) is 6.17 Å². The van der Waals surface area contributed by atoms with E-state index in [2.05, 4.69) is 221 Å². The largest absolute Gasteiger partial charge is 0.310 e. The Bertz CT molecular complexity index is 2780. The third-order valence-corrected chi connectivity index (χ3v) is 12.4. The molecule has 1 saturated heterocycles. The fraction of sp³-hybridized carbons (Fsp3) is 0.132. The van der Waals surface area contributed by atoms with Gasteiger partial charge in [-0.2, -0.15) is 5.01 Å². The zero-order chi connectivity index (χ0) is 37.9. The van der Waals surface area contributed by atoms with Gasteiger partial charge in [-0.25, -0.2) is 5.43 Å². The Morgan fingerprint density at radius 2 is 1.30 bits per heavy atom. The topological polar surface area (TPSA) is 41.9 Å². The number of aromatic nitrogens is 1. The van der Waals surface area contributed by atoms with Crippen molar-refractivity contribution in [1.29, 1.82) is 0 Å². The third-order valence-electron chi connectivity index (χ3n) is 12.4. The Balaban J connectivity index is 1.20. The molecule has 276 valence electrons. The smallest absolute Gasteiger partial charge is 0.156 e. The van der Waals surface area contributed by atoms with Crippen LogP contribution in [-0.4, -0.2) is 9.58 Å². The van der Waals surface area contributed by atoms with Crippen LogP contribution in [0, 0.1) is 5.92 Å².